The number of fused-ring (bicyclic) bond motifs is 1. The molecule has 6 heteroatoms. The van der Waals surface area contributed by atoms with Crippen molar-refractivity contribution in [3.63, 3.8) is 0 Å². The highest BCUT2D eigenvalue weighted by atomic mass is 35.5. The van der Waals surface area contributed by atoms with Crippen molar-refractivity contribution in [1.82, 2.24) is 20.8 Å². The molecule has 5 nitrogen and oxygen atoms in total. The van der Waals surface area contributed by atoms with E-state index >= 15 is 0 Å². The van der Waals surface area contributed by atoms with Gasteiger partial charge in [-0.2, -0.15) is 5.10 Å². The van der Waals surface area contributed by atoms with Gasteiger partial charge in [0.2, 0.25) is 0 Å². The number of hydrogen-bond acceptors (Lipinski definition) is 3. The molecule has 106 valence electrons. The highest BCUT2D eigenvalue weighted by Gasteiger charge is 2.21. The Morgan fingerprint density at radius 1 is 1.30 bits per heavy atom. The van der Waals surface area contributed by atoms with Crippen molar-refractivity contribution in [2.24, 2.45) is 0 Å². The van der Waals surface area contributed by atoms with E-state index in [-0.39, 0.29) is 18.3 Å². The third-order valence-electron chi connectivity index (χ3n) is 3.32. The number of rotatable bonds is 3. The summed E-state index contributed by atoms with van der Waals surface area (Å²) in [5.74, 6) is -0.120. The fraction of sp³-hybridized carbons (Fsp3) is 0.286. The lowest BCUT2D eigenvalue weighted by Gasteiger charge is -2.12. The molecular formula is C14H17ClN4O. The molecule has 2 aromatic rings. The zero-order valence-corrected chi connectivity index (χ0v) is 11.8. The molecule has 0 spiro atoms. The van der Waals surface area contributed by atoms with Crippen LogP contribution in [0, 0.1) is 0 Å². The van der Waals surface area contributed by atoms with Crippen molar-refractivity contribution in [3.8, 4) is 0 Å². The number of benzene rings is 1. The number of carbonyl (C=O) groups is 1. The number of amides is 1. The van der Waals surface area contributed by atoms with Gasteiger partial charge >= 0.3 is 0 Å². The SMILES string of the molecule is Cl.O=C(NCc1ccccc1)c1n[nH]c2c1CNCC2. The predicted molar refractivity (Wildman–Crippen MR) is 78.9 cm³/mol. The normalized spacial score (nSPS) is 13.2. The maximum atomic E-state index is 12.1. The Morgan fingerprint density at radius 2 is 2.10 bits per heavy atom. The van der Waals surface area contributed by atoms with Gasteiger partial charge in [0.05, 0.1) is 0 Å². The Balaban J connectivity index is 0.00000147. The lowest BCUT2D eigenvalue weighted by atomic mass is 10.1. The molecule has 0 unspecified atom stereocenters. The van der Waals surface area contributed by atoms with Crippen molar-refractivity contribution >= 4 is 18.3 Å². The molecule has 2 heterocycles. The smallest absolute Gasteiger partial charge is 0.272 e. The first-order chi connectivity index (χ1) is 9.34. The Kier molecular flexibility index (Phi) is 4.76. The summed E-state index contributed by atoms with van der Waals surface area (Å²) < 4.78 is 0. The Hall–Kier alpha value is -1.85. The lowest BCUT2D eigenvalue weighted by molar-refractivity contribution is 0.0944. The first-order valence-electron chi connectivity index (χ1n) is 6.43. The maximum Gasteiger partial charge on any atom is 0.272 e. The predicted octanol–water partition coefficient (Wildman–Crippen LogP) is 1.41. The molecule has 1 amide bonds. The van der Waals surface area contributed by atoms with Crippen LogP contribution in [-0.4, -0.2) is 22.6 Å². The fourth-order valence-electron chi connectivity index (χ4n) is 2.27. The molecule has 1 aliphatic heterocycles. The van der Waals surface area contributed by atoms with E-state index in [1.807, 2.05) is 30.3 Å². The number of H-pyrrole nitrogens is 1. The molecule has 20 heavy (non-hydrogen) atoms. The van der Waals surface area contributed by atoms with Gasteiger partial charge in [-0.1, -0.05) is 30.3 Å². The molecule has 1 aromatic carbocycles. The van der Waals surface area contributed by atoms with E-state index in [4.69, 9.17) is 0 Å². The van der Waals surface area contributed by atoms with Gasteiger partial charge in [-0.25, -0.2) is 0 Å². The number of aromatic nitrogens is 2. The van der Waals surface area contributed by atoms with Gasteiger partial charge in [-0.15, -0.1) is 12.4 Å². The summed E-state index contributed by atoms with van der Waals surface area (Å²) in [7, 11) is 0. The molecule has 3 rings (SSSR count). The van der Waals surface area contributed by atoms with Crippen LogP contribution in [-0.2, 0) is 19.5 Å². The minimum Gasteiger partial charge on any atom is -0.347 e. The second-order valence-corrected chi connectivity index (χ2v) is 4.62. The van der Waals surface area contributed by atoms with Gasteiger partial charge in [0.15, 0.2) is 5.69 Å². The van der Waals surface area contributed by atoms with Crippen LogP contribution in [0.25, 0.3) is 0 Å². The number of nitrogens with one attached hydrogen (secondary N) is 3. The molecule has 0 aliphatic carbocycles. The topological polar surface area (TPSA) is 69.8 Å². The summed E-state index contributed by atoms with van der Waals surface area (Å²) in [6.07, 6.45) is 0.897. The summed E-state index contributed by atoms with van der Waals surface area (Å²) in [6, 6.07) is 9.86. The molecule has 0 fully saturated rings. The zero-order valence-electron chi connectivity index (χ0n) is 11.0. The van der Waals surface area contributed by atoms with Crippen LogP contribution in [0.1, 0.15) is 27.3 Å². The second kappa shape index (κ2) is 6.54. The monoisotopic (exact) mass is 292 g/mol. The number of carbonyl (C=O) groups excluding carboxylic acids is 1. The Labute approximate surface area is 123 Å². The third-order valence-corrected chi connectivity index (χ3v) is 3.32. The van der Waals surface area contributed by atoms with Gasteiger partial charge in [0.25, 0.3) is 5.91 Å². The number of hydrogen-bond donors (Lipinski definition) is 3. The van der Waals surface area contributed by atoms with Crippen molar-refractivity contribution in [2.45, 2.75) is 19.5 Å². The molecule has 0 bridgehead atoms. The summed E-state index contributed by atoms with van der Waals surface area (Å²) in [6.45, 7) is 2.16. The van der Waals surface area contributed by atoms with E-state index in [1.54, 1.807) is 0 Å². The molecule has 1 aromatic heterocycles. The summed E-state index contributed by atoms with van der Waals surface area (Å²) in [5.41, 5.74) is 3.66. The van der Waals surface area contributed by atoms with Crippen LogP contribution in [0.4, 0.5) is 0 Å². The van der Waals surface area contributed by atoms with Crippen LogP contribution in [0.2, 0.25) is 0 Å². The van der Waals surface area contributed by atoms with Crippen LogP contribution in [0.15, 0.2) is 30.3 Å². The average Bonchev–Trinajstić information content (AvgIpc) is 2.90. The highest BCUT2D eigenvalue weighted by Crippen LogP contribution is 2.15. The summed E-state index contributed by atoms with van der Waals surface area (Å²) in [4.78, 5) is 12.1. The van der Waals surface area contributed by atoms with Crippen molar-refractivity contribution in [1.29, 1.82) is 0 Å². The first-order valence-corrected chi connectivity index (χ1v) is 6.43. The average molecular weight is 293 g/mol. The molecule has 1 aliphatic rings. The molecule has 0 saturated carbocycles. The van der Waals surface area contributed by atoms with Gasteiger partial charge in [-0.05, 0) is 5.56 Å². The van der Waals surface area contributed by atoms with E-state index < -0.39 is 0 Å². The maximum absolute atomic E-state index is 12.1. The van der Waals surface area contributed by atoms with Gasteiger partial charge in [0.1, 0.15) is 0 Å². The summed E-state index contributed by atoms with van der Waals surface area (Å²) >= 11 is 0. The van der Waals surface area contributed by atoms with E-state index in [0.717, 1.165) is 29.8 Å². The molecule has 3 N–H and O–H groups in total. The van der Waals surface area contributed by atoms with Crippen LogP contribution in [0.5, 0.6) is 0 Å². The highest BCUT2D eigenvalue weighted by molar-refractivity contribution is 5.94. The number of aromatic amines is 1. The van der Waals surface area contributed by atoms with Crippen LogP contribution in [0.3, 0.4) is 0 Å². The quantitative estimate of drug-likeness (QED) is 0.801. The molecule has 0 atom stereocenters. The van der Waals surface area contributed by atoms with Crippen molar-refractivity contribution in [3.05, 3.63) is 52.8 Å². The number of halogens is 1. The molecule has 0 saturated heterocycles. The molecule has 0 radical (unpaired) electrons. The Morgan fingerprint density at radius 3 is 2.90 bits per heavy atom. The van der Waals surface area contributed by atoms with Gasteiger partial charge < -0.3 is 10.6 Å². The van der Waals surface area contributed by atoms with E-state index in [2.05, 4.69) is 20.8 Å². The lowest BCUT2D eigenvalue weighted by Crippen LogP contribution is -2.28. The minimum absolute atomic E-state index is 0. The van der Waals surface area contributed by atoms with Crippen LogP contribution >= 0.6 is 12.4 Å². The van der Waals surface area contributed by atoms with Crippen LogP contribution < -0.4 is 10.6 Å². The van der Waals surface area contributed by atoms with E-state index in [1.165, 1.54) is 0 Å². The third kappa shape index (κ3) is 3.00. The fourth-order valence-corrected chi connectivity index (χ4v) is 2.27. The molecular weight excluding hydrogens is 276 g/mol. The number of nitrogens with zero attached hydrogens (tertiary/aromatic N) is 1. The minimum atomic E-state index is -0.120. The Bertz CT molecular complexity index is 582. The van der Waals surface area contributed by atoms with E-state index in [0.29, 0.717) is 18.8 Å². The zero-order chi connectivity index (χ0) is 13.1. The van der Waals surface area contributed by atoms with Crippen molar-refractivity contribution < 1.29 is 4.79 Å². The standard InChI is InChI=1S/C14H16N4O.ClH/c19-14(16-8-10-4-2-1-3-5-10)13-11-9-15-7-6-12(11)17-18-13;/h1-5,15H,6-9H2,(H,16,19)(H,17,18);1H. The van der Waals surface area contributed by atoms with Gasteiger partial charge in [-0.3, -0.25) is 9.89 Å². The van der Waals surface area contributed by atoms with E-state index in [9.17, 15) is 4.79 Å². The second-order valence-electron chi connectivity index (χ2n) is 4.62. The summed E-state index contributed by atoms with van der Waals surface area (Å²) in [5, 5.41) is 13.2. The largest absolute Gasteiger partial charge is 0.347 e. The first kappa shape index (κ1) is 14.6. The van der Waals surface area contributed by atoms with Crippen molar-refractivity contribution in [2.75, 3.05) is 6.54 Å². The van der Waals surface area contributed by atoms with Gasteiger partial charge in [0, 0.05) is 37.3 Å².